The van der Waals surface area contributed by atoms with Crippen LogP contribution in [-0.2, 0) is 27.3 Å². The summed E-state index contributed by atoms with van der Waals surface area (Å²) in [7, 11) is -2.09. The lowest BCUT2D eigenvalue weighted by atomic mass is 9.73. The van der Waals surface area contributed by atoms with Crippen LogP contribution in [0.3, 0.4) is 0 Å². The maximum atomic E-state index is 13.5. The molecule has 1 saturated heterocycles. The third kappa shape index (κ3) is 2.47. The maximum Gasteiger partial charge on any atom is 0.245 e. The number of aromatic nitrogens is 3. The minimum Gasteiger partial charge on any atom is -0.325 e. The van der Waals surface area contributed by atoms with Gasteiger partial charge in [0, 0.05) is 43.4 Å². The van der Waals surface area contributed by atoms with E-state index in [1.807, 2.05) is 24.3 Å². The molecule has 1 aromatic carbocycles. The number of nitrogens with zero attached hydrogens (tertiary/aromatic N) is 4. The average molecular weight is 409 g/mol. The first-order valence-corrected chi connectivity index (χ1v) is 10.7. The molecule has 1 spiro atoms. The SMILES string of the molecule is Cn1cc(C2N(S(=O)(=O)c3cccnc3)CCC23C(=O)Nc2ccccc23)cn1. The van der Waals surface area contributed by atoms with Gasteiger partial charge in [-0.3, -0.25) is 14.5 Å². The van der Waals surface area contributed by atoms with Crippen molar-refractivity contribution in [3.63, 3.8) is 0 Å². The molecule has 0 aliphatic carbocycles. The van der Waals surface area contributed by atoms with Crippen molar-refractivity contribution in [2.75, 3.05) is 11.9 Å². The van der Waals surface area contributed by atoms with Crippen LogP contribution in [0.15, 0.2) is 66.1 Å². The van der Waals surface area contributed by atoms with Crippen LogP contribution in [0.4, 0.5) is 5.69 Å². The minimum absolute atomic E-state index is 0.109. The number of nitrogens with one attached hydrogen (secondary N) is 1. The highest BCUT2D eigenvalue weighted by atomic mass is 32.2. The predicted octanol–water partition coefficient (Wildman–Crippen LogP) is 1.84. The molecule has 1 amide bonds. The third-order valence-electron chi connectivity index (χ3n) is 5.82. The van der Waals surface area contributed by atoms with Gasteiger partial charge in [-0.25, -0.2) is 8.42 Å². The molecule has 1 fully saturated rings. The highest BCUT2D eigenvalue weighted by Gasteiger charge is 2.61. The van der Waals surface area contributed by atoms with Crippen molar-refractivity contribution >= 4 is 21.6 Å². The minimum atomic E-state index is -3.86. The summed E-state index contributed by atoms with van der Waals surface area (Å²) < 4.78 is 30.1. The van der Waals surface area contributed by atoms with E-state index in [4.69, 9.17) is 0 Å². The second-order valence-corrected chi connectivity index (χ2v) is 9.27. The fourth-order valence-corrected chi connectivity index (χ4v) is 6.21. The average Bonchev–Trinajstić information content (AvgIpc) is 3.40. The fraction of sp³-hybridized carbons (Fsp3) is 0.250. The number of carbonyl (C=O) groups excluding carboxylic acids is 1. The van der Waals surface area contributed by atoms with Gasteiger partial charge in [0.1, 0.15) is 4.90 Å². The molecule has 148 valence electrons. The van der Waals surface area contributed by atoms with Gasteiger partial charge < -0.3 is 5.32 Å². The molecule has 2 aliphatic heterocycles. The summed E-state index contributed by atoms with van der Waals surface area (Å²) in [6.07, 6.45) is 6.66. The molecular formula is C20H19N5O3S. The summed E-state index contributed by atoms with van der Waals surface area (Å²) in [4.78, 5) is 17.4. The van der Waals surface area contributed by atoms with Gasteiger partial charge in [0.05, 0.1) is 17.7 Å². The Labute approximate surface area is 168 Å². The molecule has 1 N–H and O–H groups in total. The number of rotatable bonds is 3. The Bertz CT molecular complexity index is 1210. The van der Waals surface area contributed by atoms with Gasteiger partial charge >= 0.3 is 0 Å². The molecule has 29 heavy (non-hydrogen) atoms. The maximum absolute atomic E-state index is 13.5. The molecule has 4 heterocycles. The molecule has 9 heteroatoms. The summed E-state index contributed by atoms with van der Waals surface area (Å²) in [6.45, 7) is 0.221. The number of para-hydroxylation sites is 1. The Morgan fingerprint density at radius 2 is 2.00 bits per heavy atom. The largest absolute Gasteiger partial charge is 0.325 e. The van der Waals surface area contributed by atoms with Crippen LogP contribution in [0.1, 0.15) is 23.6 Å². The summed E-state index contributed by atoms with van der Waals surface area (Å²) in [6, 6.07) is 9.89. The Kier molecular flexibility index (Phi) is 3.87. The number of anilines is 1. The van der Waals surface area contributed by atoms with E-state index in [0.717, 1.165) is 11.3 Å². The van der Waals surface area contributed by atoms with Crippen LogP contribution in [0.25, 0.3) is 0 Å². The number of pyridine rings is 1. The van der Waals surface area contributed by atoms with E-state index in [1.54, 1.807) is 30.2 Å². The molecule has 3 aromatic rings. The summed E-state index contributed by atoms with van der Waals surface area (Å²) in [5.41, 5.74) is 1.23. The van der Waals surface area contributed by atoms with Gasteiger partial charge in [-0.15, -0.1) is 0 Å². The second kappa shape index (κ2) is 6.23. The Balaban J connectivity index is 1.72. The predicted molar refractivity (Wildman–Crippen MR) is 105 cm³/mol. The van der Waals surface area contributed by atoms with E-state index in [9.17, 15) is 13.2 Å². The summed E-state index contributed by atoms with van der Waals surface area (Å²) in [5.74, 6) is -0.184. The molecule has 0 radical (unpaired) electrons. The van der Waals surface area contributed by atoms with E-state index in [1.165, 1.54) is 22.8 Å². The van der Waals surface area contributed by atoms with Crippen molar-refractivity contribution in [3.8, 4) is 0 Å². The smallest absolute Gasteiger partial charge is 0.245 e. The van der Waals surface area contributed by atoms with Crippen LogP contribution in [0, 0.1) is 0 Å². The van der Waals surface area contributed by atoms with Crippen LogP contribution in [0.5, 0.6) is 0 Å². The van der Waals surface area contributed by atoms with E-state index in [-0.39, 0.29) is 17.3 Å². The molecule has 0 bridgehead atoms. The van der Waals surface area contributed by atoms with Gasteiger partial charge in [-0.1, -0.05) is 18.2 Å². The highest BCUT2D eigenvalue weighted by Crippen LogP contribution is 2.55. The van der Waals surface area contributed by atoms with E-state index >= 15 is 0 Å². The highest BCUT2D eigenvalue weighted by molar-refractivity contribution is 7.89. The number of hydrogen-bond acceptors (Lipinski definition) is 5. The van der Waals surface area contributed by atoms with Crippen molar-refractivity contribution in [1.82, 2.24) is 19.1 Å². The van der Waals surface area contributed by atoms with E-state index in [2.05, 4.69) is 15.4 Å². The quantitative estimate of drug-likeness (QED) is 0.712. The van der Waals surface area contributed by atoms with Crippen molar-refractivity contribution in [2.45, 2.75) is 22.8 Å². The van der Waals surface area contributed by atoms with Gasteiger partial charge in [0.25, 0.3) is 0 Å². The molecular weight excluding hydrogens is 390 g/mol. The first-order chi connectivity index (χ1) is 13.9. The van der Waals surface area contributed by atoms with Gasteiger partial charge in [0.15, 0.2) is 0 Å². The zero-order valence-electron chi connectivity index (χ0n) is 15.7. The second-order valence-electron chi connectivity index (χ2n) is 7.38. The van der Waals surface area contributed by atoms with Crippen LogP contribution < -0.4 is 5.32 Å². The zero-order valence-corrected chi connectivity index (χ0v) is 16.5. The van der Waals surface area contributed by atoms with Crippen LogP contribution >= 0.6 is 0 Å². The molecule has 5 rings (SSSR count). The molecule has 0 saturated carbocycles. The van der Waals surface area contributed by atoms with Crippen molar-refractivity contribution in [1.29, 1.82) is 0 Å². The number of fused-ring (bicyclic) bond motifs is 2. The fourth-order valence-electron chi connectivity index (χ4n) is 4.58. The first kappa shape index (κ1) is 18.0. The summed E-state index contributed by atoms with van der Waals surface area (Å²) in [5, 5.41) is 7.19. The Morgan fingerprint density at radius 3 is 2.72 bits per heavy atom. The standard InChI is InChI=1S/C20H19N5O3S/c1-24-13-14(11-22-24)18-20(16-6-2-3-7-17(16)23-19(20)26)8-10-25(18)29(27,28)15-5-4-9-21-12-15/h2-7,9,11-13,18H,8,10H2,1H3,(H,23,26). The van der Waals surface area contributed by atoms with Crippen molar-refractivity contribution < 1.29 is 13.2 Å². The lowest BCUT2D eigenvalue weighted by Crippen LogP contribution is -2.42. The normalized spacial score (nSPS) is 24.0. The number of hydrogen-bond donors (Lipinski definition) is 1. The molecule has 8 nitrogen and oxygen atoms in total. The van der Waals surface area contributed by atoms with Crippen LogP contribution in [-0.4, -0.2) is 39.9 Å². The zero-order chi connectivity index (χ0) is 20.2. The van der Waals surface area contributed by atoms with Gasteiger partial charge in [0.2, 0.25) is 15.9 Å². The van der Waals surface area contributed by atoms with Gasteiger partial charge in [-0.05, 0) is 30.2 Å². The first-order valence-electron chi connectivity index (χ1n) is 9.26. The topological polar surface area (TPSA) is 97.2 Å². The lowest BCUT2D eigenvalue weighted by molar-refractivity contribution is -0.121. The monoisotopic (exact) mass is 409 g/mol. The van der Waals surface area contributed by atoms with E-state index in [0.29, 0.717) is 12.0 Å². The lowest BCUT2D eigenvalue weighted by Gasteiger charge is -2.32. The van der Waals surface area contributed by atoms with Crippen molar-refractivity contribution in [2.24, 2.45) is 7.05 Å². The molecule has 2 aromatic heterocycles. The number of carbonyl (C=O) groups is 1. The number of benzene rings is 1. The third-order valence-corrected chi connectivity index (χ3v) is 7.67. The summed E-state index contributed by atoms with van der Waals surface area (Å²) >= 11 is 0. The number of sulfonamides is 1. The Hall–Kier alpha value is -3.04. The molecule has 2 aliphatic rings. The van der Waals surface area contributed by atoms with Crippen LogP contribution in [0.2, 0.25) is 0 Å². The van der Waals surface area contributed by atoms with Crippen molar-refractivity contribution in [3.05, 3.63) is 72.3 Å². The molecule has 2 unspecified atom stereocenters. The Morgan fingerprint density at radius 1 is 1.17 bits per heavy atom. The number of aryl methyl sites for hydroxylation is 1. The van der Waals surface area contributed by atoms with E-state index < -0.39 is 21.5 Å². The van der Waals surface area contributed by atoms with Gasteiger partial charge in [-0.2, -0.15) is 9.40 Å². The number of amides is 1. The molecule has 2 atom stereocenters.